The molecule has 0 bridgehead atoms. The average Bonchev–Trinajstić information content (AvgIpc) is 2.62. The van der Waals surface area contributed by atoms with Gasteiger partial charge in [0.25, 0.3) is 0 Å². The van der Waals surface area contributed by atoms with E-state index in [-0.39, 0.29) is 0 Å². The molecular weight excluding hydrogens is 244 g/mol. The van der Waals surface area contributed by atoms with Crippen molar-refractivity contribution in [1.82, 2.24) is 0 Å². The Labute approximate surface area is 111 Å². The molecule has 0 N–H and O–H groups in total. The van der Waals surface area contributed by atoms with Crippen molar-refractivity contribution in [3.05, 3.63) is 28.8 Å². The number of esters is 2. The minimum atomic E-state index is -0.761. The Hall–Kier alpha value is -1.84. The smallest absolute Gasteiger partial charge is 0.355 e. The van der Waals surface area contributed by atoms with Gasteiger partial charge in [0.1, 0.15) is 11.7 Å². The third-order valence-corrected chi connectivity index (χ3v) is 3.83. The number of aryl methyl sites for hydroxylation is 1. The Morgan fingerprint density at radius 3 is 2.63 bits per heavy atom. The number of fused-ring (bicyclic) bond motifs is 2. The number of carbonyl (C=O) groups is 2. The van der Waals surface area contributed by atoms with Crippen LogP contribution in [0.15, 0.2) is 12.1 Å². The van der Waals surface area contributed by atoms with Crippen LogP contribution in [0.3, 0.4) is 0 Å². The van der Waals surface area contributed by atoms with Gasteiger partial charge in [0.05, 0.1) is 0 Å². The number of carbonyl (C=O) groups excluding carboxylic acids is 2. The molecule has 0 saturated carbocycles. The van der Waals surface area contributed by atoms with Crippen LogP contribution in [0.1, 0.15) is 36.5 Å². The molecule has 1 aromatic rings. The number of ether oxygens (including phenoxy) is 2. The normalized spacial score (nSPS) is 24.8. The molecule has 100 valence electrons. The largest absolute Gasteiger partial charge is 0.477 e. The molecule has 4 heteroatoms. The first-order valence-corrected chi connectivity index (χ1v) is 6.53. The molecule has 2 aliphatic rings. The topological polar surface area (TPSA) is 52.6 Å². The monoisotopic (exact) mass is 260 g/mol. The Morgan fingerprint density at radius 1 is 1.21 bits per heavy atom. The second-order valence-electron chi connectivity index (χ2n) is 5.57. The second-order valence-corrected chi connectivity index (χ2v) is 5.57. The summed E-state index contributed by atoms with van der Waals surface area (Å²) in [6.45, 7) is 6.22. The molecule has 0 amide bonds. The molecule has 2 unspecified atom stereocenters. The lowest BCUT2D eigenvalue weighted by atomic mass is 9.88. The first-order valence-electron chi connectivity index (χ1n) is 6.53. The van der Waals surface area contributed by atoms with Crippen molar-refractivity contribution >= 4 is 11.9 Å². The fourth-order valence-electron chi connectivity index (χ4n) is 2.74. The Kier molecular flexibility index (Phi) is 2.62. The van der Waals surface area contributed by atoms with E-state index in [1.807, 2.05) is 6.92 Å². The highest BCUT2D eigenvalue weighted by molar-refractivity contribution is 5.98. The van der Waals surface area contributed by atoms with Crippen LogP contribution < -0.4 is 4.74 Å². The van der Waals surface area contributed by atoms with E-state index in [0.717, 1.165) is 16.9 Å². The van der Waals surface area contributed by atoms with Gasteiger partial charge in [0.15, 0.2) is 0 Å². The molecule has 4 nitrogen and oxygen atoms in total. The first kappa shape index (κ1) is 12.2. The molecule has 1 aromatic carbocycles. The van der Waals surface area contributed by atoms with Crippen molar-refractivity contribution < 1.29 is 19.1 Å². The second kappa shape index (κ2) is 4.08. The maximum Gasteiger partial charge on any atom is 0.355 e. The lowest BCUT2D eigenvalue weighted by Crippen LogP contribution is -2.35. The summed E-state index contributed by atoms with van der Waals surface area (Å²) >= 11 is 0. The maximum absolute atomic E-state index is 11.6. The summed E-state index contributed by atoms with van der Waals surface area (Å²) in [5.74, 6) is -0.362. The van der Waals surface area contributed by atoms with E-state index >= 15 is 0 Å². The van der Waals surface area contributed by atoms with Crippen LogP contribution in [0.2, 0.25) is 0 Å². The first-order chi connectivity index (χ1) is 8.97. The molecule has 1 fully saturated rings. The van der Waals surface area contributed by atoms with Crippen LogP contribution in [-0.4, -0.2) is 18.0 Å². The fourth-order valence-corrected chi connectivity index (χ4v) is 2.74. The molecule has 19 heavy (non-hydrogen) atoms. The highest BCUT2D eigenvalue weighted by atomic mass is 16.6. The summed E-state index contributed by atoms with van der Waals surface area (Å²) in [6, 6.07) is 4.14. The molecule has 2 heterocycles. The predicted molar refractivity (Wildman–Crippen MR) is 68.0 cm³/mol. The van der Waals surface area contributed by atoms with Crippen molar-refractivity contribution in [3.63, 3.8) is 0 Å². The Morgan fingerprint density at radius 2 is 1.95 bits per heavy atom. The predicted octanol–water partition coefficient (Wildman–Crippen LogP) is 2.12. The summed E-state index contributed by atoms with van der Waals surface area (Å²) in [5.41, 5.74) is 3.22. The number of cyclic esters (lactones) is 2. The third kappa shape index (κ3) is 1.82. The number of hydrogen-bond donors (Lipinski definition) is 0. The summed E-state index contributed by atoms with van der Waals surface area (Å²) < 4.78 is 10.4. The fraction of sp³-hybridized carbons (Fsp3) is 0.467. The zero-order chi connectivity index (χ0) is 13.7. The van der Waals surface area contributed by atoms with Crippen LogP contribution in [-0.2, 0) is 20.7 Å². The molecule has 2 atom stereocenters. The van der Waals surface area contributed by atoms with Gasteiger partial charge in [-0.1, -0.05) is 26.0 Å². The van der Waals surface area contributed by atoms with Gasteiger partial charge in [-0.25, -0.2) is 4.79 Å². The quantitative estimate of drug-likeness (QED) is 0.573. The molecule has 0 radical (unpaired) electrons. The van der Waals surface area contributed by atoms with Gasteiger partial charge < -0.3 is 9.47 Å². The van der Waals surface area contributed by atoms with E-state index in [0.29, 0.717) is 12.3 Å². The number of hydrogen-bond acceptors (Lipinski definition) is 4. The number of rotatable bonds is 1. The van der Waals surface area contributed by atoms with E-state index < -0.39 is 24.0 Å². The Bertz CT molecular complexity index is 574. The lowest BCUT2D eigenvalue weighted by molar-refractivity contribution is -0.154. The summed E-state index contributed by atoms with van der Waals surface area (Å²) in [6.07, 6.45) is -0.241. The molecule has 0 aliphatic carbocycles. The standard InChI is InChI=1S/C15H16O4/c1-7(2)9-4-8(3)12-10(5-9)6-11-13(18-12)15(17)19-14(11)16/h4-5,7,11,13H,6H2,1-3H3. The minimum absolute atomic E-state index is 0.416. The van der Waals surface area contributed by atoms with E-state index in [1.165, 1.54) is 5.56 Å². The van der Waals surface area contributed by atoms with Crippen molar-refractivity contribution in [2.75, 3.05) is 0 Å². The average molecular weight is 260 g/mol. The van der Waals surface area contributed by atoms with Crippen molar-refractivity contribution in [3.8, 4) is 5.75 Å². The van der Waals surface area contributed by atoms with Gasteiger partial charge >= 0.3 is 11.9 Å². The molecule has 2 aliphatic heterocycles. The lowest BCUT2D eigenvalue weighted by Gasteiger charge is -2.27. The highest BCUT2D eigenvalue weighted by Crippen LogP contribution is 2.39. The summed E-state index contributed by atoms with van der Waals surface area (Å²) in [4.78, 5) is 23.2. The van der Waals surface area contributed by atoms with Crippen LogP contribution in [0, 0.1) is 12.8 Å². The zero-order valence-corrected chi connectivity index (χ0v) is 11.2. The van der Waals surface area contributed by atoms with Crippen LogP contribution >= 0.6 is 0 Å². The maximum atomic E-state index is 11.6. The third-order valence-electron chi connectivity index (χ3n) is 3.83. The summed E-state index contributed by atoms with van der Waals surface area (Å²) in [5, 5.41) is 0. The molecule has 1 saturated heterocycles. The SMILES string of the molecule is Cc1cc(C(C)C)cc2c1OC1C(=O)OC(=O)C1C2. The van der Waals surface area contributed by atoms with E-state index in [1.54, 1.807) is 0 Å². The van der Waals surface area contributed by atoms with E-state index in [4.69, 9.17) is 4.74 Å². The highest BCUT2D eigenvalue weighted by Gasteiger charge is 2.49. The van der Waals surface area contributed by atoms with Gasteiger partial charge in [-0.2, -0.15) is 0 Å². The molecular formula is C15H16O4. The molecule has 0 aromatic heterocycles. The van der Waals surface area contributed by atoms with Crippen LogP contribution in [0.4, 0.5) is 0 Å². The number of benzene rings is 1. The van der Waals surface area contributed by atoms with Gasteiger partial charge in [-0.3, -0.25) is 4.79 Å². The summed E-state index contributed by atoms with van der Waals surface area (Å²) in [7, 11) is 0. The van der Waals surface area contributed by atoms with Gasteiger partial charge in [0.2, 0.25) is 6.10 Å². The van der Waals surface area contributed by atoms with Crippen molar-refractivity contribution in [1.29, 1.82) is 0 Å². The van der Waals surface area contributed by atoms with Crippen molar-refractivity contribution in [2.45, 2.75) is 39.2 Å². The molecule has 0 spiro atoms. The Balaban J connectivity index is 2.05. The van der Waals surface area contributed by atoms with Crippen LogP contribution in [0.5, 0.6) is 5.75 Å². The molecule has 3 rings (SSSR count). The van der Waals surface area contributed by atoms with Gasteiger partial charge in [-0.15, -0.1) is 0 Å². The zero-order valence-electron chi connectivity index (χ0n) is 11.2. The van der Waals surface area contributed by atoms with Crippen LogP contribution in [0.25, 0.3) is 0 Å². The minimum Gasteiger partial charge on any atom is -0.477 e. The van der Waals surface area contributed by atoms with Gasteiger partial charge in [0, 0.05) is 0 Å². The van der Waals surface area contributed by atoms with Gasteiger partial charge in [-0.05, 0) is 36.0 Å². The van der Waals surface area contributed by atoms with E-state index in [2.05, 4.69) is 30.7 Å². The van der Waals surface area contributed by atoms with Crippen molar-refractivity contribution in [2.24, 2.45) is 5.92 Å². The van der Waals surface area contributed by atoms with E-state index in [9.17, 15) is 9.59 Å².